The van der Waals surface area contributed by atoms with Crippen molar-refractivity contribution in [3.8, 4) is 78.8 Å². The molecule has 0 amide bonds. The second kappa shape index (κ2) is 12.6. The largest absolute Gasteiger partial charge is 0.306 e. The Bertz CT molecular complexity index is 3170. The molecule has 12 rings (SSSR count). The van der Waals surface area contributed by atoms with Crippen molar-refractivity contribution in [2.24, 2.45) is 0 Å². The molecule has 5 heteroatoms. The minimum absolute atomic E-state index is 0.403. The van der Waals surface area contributed by atoms with Gasteiger partial charge in [-0.1, -0.05) is 158 Å². The van der Waals surface area contributed by atoms with Crippen molar-refractivity contribution in [3.63, 3.8) is 0 Å². The zero-order chi connectivity index (χ0) is 38.2. The minimum atomic E-state index is -0.403. The Morgan fingerprint density at radius 3 is 1.47 bits per heavy atom. The van der Waals surface area contributed by atoms with Crippen LogP contribution in [0, 0.1) is 0 Å². The van der Waals surface area contributed by atoms with Crippen LogP contribution >= 0.6 is 0 Å². The molecular weight excluding hydrogens is 707 g/mol. The first-order valence-corrected chi connectivity index (χ1v) is 19.6. The molecule has 0 radical (unpaired) electrons. The maximum atomic E-state index is 5.23. The highest BCUT2D eigenvalue weighted by Crippen LogP contribution is 2.62. The van der Waals surface area contributed by atoms with E-state index in [9.17, 15) is 0 Å². The fraction of sp³-hybridized carbons (Fsp3) is 0.0189. The first kappa shape index (κ1) is 32.5. The monoisotopic (exact) mass is 739 g/mol. The van der Waals surface area contributed by atoms with Crippen molar-refractivity contribution in [2.45, 2.75) is 5.41 Å². The summed E-state index contributed by atoms with van der Waals surface area (Å²) in [5, 5.41) is 0. The van der Waals surface area contributed by atoms with Gasteiger partial charge in [0, 0.05) is 34.6 Å². The molecule has 0 aliphatic heterocycles. The van der Waals surface area contributed by atoms with Crippen molar-refractivity contribution in [1.29, 1.82) is 0 Å². The first-order valence-electron chi connectivity index (χ1n) is 19.6. The number of fused-ring (bicyclic) bond motifs is 11. The second-order valence-electron chi connectivity index (χ2n) is 15.1. The number of rotatable bonds is 5. The van der Waals surface area contributed by atoms with Gasteiger partial charge in [-0.2, -0.15) is 0 Å². The van der Waals surface area contributed by atoms with Gasteiger partial charge in [0.2, 0.25) is 0 Å². The van der Waals surface area contributed by atoms with Crippen LogP contribution in [0.5, 0.6) is 0 Å². The summed E-state index contributed by atoms with van der Waals surface area (Å²) < 4.78 is 2.05. The van der Waals surface area contributed by atoms with Gasteiger partial charge in [0.1, 0.15) is 5.65 Å². The fourth-order valence-electron chi connectivity index (χ4n) is 9.36. The van der Waals surface area contributed by atoms with Crippen molar-refractivity contribution in [3.05, 3.63) is 223 Å². The molecule has 2 aliphatic rings. The average Bonchev–Trinajstić information content (AvgIpc) is 3.96. The van der Waals surface area contributed by atoms with Crippen molar-refractivity contribution in [1.82, 2.24) is 24.3 Å². The molecule has 0 saturated carbocycles. The number of hydrogen-bond acceptors (Lipinski definition) is 4. The molecule has 0 bridgehead atoms. The molecule has 0 unspecified atom stereocenters. The van der Waals surface area contributed by atoms with Gasteiger partial charge < -0.3 is 4.40 Å². The molecule has 0 saturated heterocycles. The van der Waals surface area contributed by atoms with E-state index in [2.05, 4.69) is 162 Å². The van der Waals surface area contributed by atoms with Crippen molar-refractivity contribution in [2.75, 3.05) is 0 Å². The lowest BCUT2D eigenvalue weighted by atomic mass is 9.70. The van der Waals surface area contributed by atoms with Crippen LogP contribution in [0.15, 0.2) is 200 Å². The van der Waals surface area contributed by atoms with Crippen LogP contribution in [0.3, 0.4) is 0 Å². The van der Waals surface area contributed by atoms with Crippen LogP contribution in [0.25, 0.3) is 84.4 Å². The molecule has 7 aromatic carbocycles. The fourth-order valence-corrected chi connectivity index (χ4v) is 9.36. The van der Waals surface area contributed by atoms with E-state index in [0.29, 0.717) is 17.5 Å². The van der Waals surface area contributed by atoms with Crippen LogP contribution in [0.1, 0.15) is 22.3 Å². The summed E-state index contributed by atoms with van der Waals surface area (Å²) in [5.41, 5.74) is 17.8. The minimum Gasteiger partial charge on any atom is -0.306 e. The number of hydrogen-bond donors (Lipinski definition) is 0. The van der Waals surface area contributed by atoms with Gasteiger partial charge in [0.25, 0.3) is 0 Å². The summed E-state index contributed by atoms with van der Waals surface area (Å²) in [6.07, 6.45) is 4.10. The molecule has 5 nitrogen and oxygen atoms in total. The smallest absolute Gasteiger partial charge is 0.164 e. The molecule has 10 aromatic rings. The van der Waals surface area contributed by atoms with Gasteiger partial charge in [0.15, 0.2) is 17.5 Å². The number of benzene rings is 7. The van der Waals surface area contributed by atoms with Gasteiger partial charge in [-0.05, 0) is 86.0 Å². The first-order chi connectivity index (χ1) is 28.7. The predicted octanol–water partition coefficient (Wildman–Crippen LogP) is 12.2. The van der Waals surface area contributed by atoms with E-state index in [1.54, 1.807) is 0 Å². The summed E-state index contributed by atoms with van der Waals surface area (Å²) in [6, 6.07) is 66.8. The number of pyridine rings is 1. The standard InChI is InChI=1S/C53H33N5/c1-2-14-34(15-3-1)50-55-51(38-19-13-17-36(31-38)35-16-12-18-37(30-35)48-33-58-29-11-10-26-49(58)54-48)57-52(56-50)39-27-28-47-43(32-39)42-22-6-9-25-46(42)53(47)44-23-7-4-20-40(44)41-21-5-8-24-45(41)53/h1-33H. The average molecular weight is 740 g/mol. The van der Waals surface area contributed by atoms with E-state index in [-0.39, 0.29) is 0 Å². The Hall–Kier alpha value is -7.76. The summed E-state index contributed by atoms with van der Waals surface area (Å²) in [7, 11) is 0. The Balaban J connectivity index is 0.998. The molecule has 0 fully saturated rings. The third kappa shape index (κ3) is 4.83. The van der Waals surface area contributed by atoms with E-state index in [1.165, 1.54) is 44.5 Å². The summed E-state index contributed by atoms with van der Waals surface area (Å²) in [4.78, 5) is 20.4. The van der Waals surface area contributed by atoms with Crippen molar-refractivity contribution < 1.29 is 0 Å². The van der Waals surface area contributed by atoms with Gasteiger partial charge in [-0.25, -0.2) is 19.9 Å². The third-order valence-electron chi connectivity index (χ3n) is 11.9. The summed E-state index contributed by atoms with van der Waals surface area (Å²) in [5.74, 6) is 1.89. The van der Waals surface area contributed by atoms with Crippen LogP contribution in [0.4, 0.5) is 0 Å². The van der Waals surface area contributed by atoms with Crippen LogP contribution in [-0.2, 0) is 5.41 Å². The third-order valence-corrected chi connectivity index (χ3v) is 11.9. The highest BCUT2D eigenvalue weighted by atomic mass is 15.0. The van der Waals surface area contributed by atoms with Gasteiger partial charge in [-0.3, -0.25) is 0 Å². The topological polar surface area (TPSA) is 56.0 Å². The van der Waals surface area contributed by atoms with E-state index in [4.69, 9.17) is 19.9 Å². The molecule has 1 spiro atoms. The molecular formula is C53H33N5. The Morgan fingerprint density at radius 1 is 0.328 bits per heavy atom. The normalized spacial score (nSPS) is 13.0. The van der Waals surface area contributed by atoms with Gasteiger partial charge in [0.05, 0.1) is 11.1 Å². The number of nitrogens with zero attached hydrogens (tertiary/aromatic N) is 5. The quantitative estimate of drug-likeness (QED) is 0.176. The number of aromatic nitrogens is 5. The second-order valence-corrected chi connectivity index (χ2v) is 15.1. The van der Waals surface area contributed by atoms with Crippen LogP contribution in [-0.4, -0.2) is 24.3 Å². The Kier molecular flexibility index (Phi) is 7.07. The molecule has 270 valence electrons. The van der Waals surface area contributed by atoms with Gasteiger partial charge >= 0.3 is 0 Å². The van der Waals surface area contributed by atoms with E-state index in [1.807, 2.05) is 42.6 Å². The zero-order valence-electron chi connectivity index (χ0n) is 31.3. The zero-order valence-corrected chi connectivity index (χ0v) is 31.3. The maximum Gasteiger partial charge on any atom is 0.164 e. The van der Waals surface area contributed by atoms with Crippen LogP contribution < -0.4 is 0 Å². The predicted molar refractivity (Wildman–Crippen MR) is 232 cm³/mol. The molecule has 58 heavy (non-hydrogen) atoms. The molecule has 3 aromatic heterocycles. The highest BCUT2D eigenvalue weighted by Gasteiger charge is 2.51. The summed E-state index contributed by atoms with van der Waals surface area (Å²) in [6.45, 7) is 0. The summed E-state index contributed by atoms with van der Waals surface area (Å²) >= 11 is 0. The molecule has 2 aliphatic carbocycles. The molecule has 0 atom stereocenters. The molecule has 0 N–H and O–H groups in total. The van der Waals surface area contributed by atoms with Gasteiger partial charge in [-0.15, -0.1) is 0 Å². The SMILES string of the molecule is c1ccc(-c2nc(-c3cccc(-c4cccc(-c5cn6ccccc6n5)c4)c3)nc(-c3ccc4c(c3)-c3ccccc3C43c4ccccc4-c4ccccc43)n2)cc1. The molecule has 3 heterocycles. The highest BCUT2D eigenvalue weighted by molar-refractivity contribution is 5.96. The lowest BCUT2D eigenvalue weighted by molar-refractivity contribution is 0.794. The van der Waals surface area contributed by atoms with Crippen molar-refractivity contribution >= 4 is 5.65 Å². The van der Waals surface area contributed by atoms with Crippen LogP contribution in [0.2, 0.25) is 0 Å². The van der Waals surface area contributed by atoms with E-state index < -0.39 is 5.41 Å². The lowest BCUT2D eigenvalue weighted by Crippen LogP contribution is -2.25. The Morgan fingerprint density at radius 2 is 0.810 bits per heavy atom. The van der Waals surface area contributed by atoms with E-state index in [0.717, 1.165) is 44.7 Å². The number of imidazole rings is 1. The van der Waals surface area contributed by atoms with E-state index >= 15 is 0 Å². The maximum absolute atomic E-state index is 5.23. The Labute approximate surface area is 335 Å². The lowest BCUT2D eigenvalue weighted by Gasteiger charge is -2.30.